The molecule has 0 aliphatic carbocycles. The zero-order chi connectivity index (χ0) is 14.0. The van der Waals surface area contributed by atoms with Crippen molar-refractivity contribution in [3.05, 3.63) is 61.3 Å². The van der Waals surface area contributed by atoms with E-state index in [0.717, 1.165) is 0 Å². The van der Waals surface area contributed by atoms with Crippen LogP contribution in [0.1, 0.15) is 0 Å². The number of nitro benzene ring substituents is 1. The molecular weight excluding hydrogens is 385 g/mol. The molecule has 0 atom stereocenters. The van der Waals surface area contributed by atoms with Gasteiger partial charge >= 0.3 is 0 Å². The lowest BCUT2D eigenvalue weighted by atomic mass is 10.3. The highest BCUT2D eigenvalue weighted by Gasteiger charge is 2.12. The third-order valence-corrected chi connectivity index (χ3v) is 3.48. The lowest BCUT2D eigenvalue weighted by molar-refractivity contribution is -0.384. The molecule has 0 bridgehead atoms. The molecule has 0 heterocycles. The van der Waals surface area contributed by atoms with Gasteiger partial charge in [-0.1, -0.05) is 0 Å². The van der Waals surface area contributed by atoms with E-state index in [0.29, 0.717) is 20.4 Å². The summed E-state index contributed by atoms with van der Waals surface area (Å²) in [5, 5.41) is 10.6. The Morgan fingerprint density at radius 2 is 1.63 bits per heavy atom. The molecule has 0 unspecified atom stereocenters. The molecule has 0 spiro atoms. The van der Waals surface area contributed by atoms with E-state index in [9.17, 15) is 14.5 Å². The minimum atomic E-state index is -0.498. The van der Waals surface area contributed by atoms with Crippen molar-refractivity contribution in [2.24, 2.45) is 0 Å². The van der Waals surface area contributed by atoms with Crippen LogP contribution in [0.25, 0.3) is 0 Å². The van der Waals surface area contributed by atoms with Crippen molar-refractivity contribution in [2.45, 2.75) is 0 Å². The maximum absolute atomic E-state index is 12.9. The van der Waals surface area contributed by atoms with Gasteiger partial charge in [-0.15, -0.1) is 0 Å². The summed E-state index contributed by atoms with van der Waals surface area (Å²) in [6.45, 7) is 0. The molecule has 0 radical (unpaired) electrons. The minimum Gasteiger partial charge on any atom is -0.455 e. The molecule has 2 aromatic carbocycles. The van der Waals surface area contributed by atoms with Crippen LogP contribution in [0, 0.1) is 15.9 Å². The second kappa shape index (κ2) is 5.66. The van der Waals surface area contributed by atoms with Crippen LogP contribution in [0.2, 0.25) is 0 Å². The fourth-order valence-electron chi connectivity index (χ4n) is 1.36. The molecule has 0 aliphatic rings. The molecule has 0 N–H and O–H groups in total. The van der Waals surface area contributed by atoms with E-state index in [1.54, 1.807) is 0 Å². The number of hydrogen-bond donors (Lipinski definition) is 0. The Bertz CT molecular complexity index is 649. The summed E-state index contributed by atoms with van der Waals surface area (Å²) in [5.41, 5.74) is -0.0441. The number of halogens is 3. The molecule has 0 saturated carbocycles. The van der Waals surface area contributed by atoms with Crippen molar-refractivity contribution in [3.8, 4) is 11.5 Å². The lowest BCUT2D eigenvalue weighted by Crippen LogP contribution is -1.91. The van der Waals surface area contributed by atoms with Gasteiger partial charge in [-0.2, -0.15) is 0 Å². The molecule has 0 amide bonds. The van der Waals surface area contributed by atoms with E-state index < -0.39 is 4.92 Å². The number of nitro groups is 1. The molecule has 4 nitrogen and oxygen atoms in total. The van der Waals surface area contributed by atoms with Gasteiger partial charge in [-0.25, -0.2) is 4.39 Å². The fourth-order valence-corrected chi connectivity index (χ4v) is 2.24. The van der Waals surface area contributed by atoms with Crippen LogP contribution in [0.3, 0.4) is 0 Å². The Morgan fingerprint density at radius 3 is 2.16 bits per heavy atom. The van der Waals surface area contributed by atoms with Crippen LogP contribution in [-0.2, 0) is 0 Å². The third-order valence-electron chi connectivity index (χ3n) is 2.24. The predicted molar refractivity (Wildman–Crippen MR) is 75.0 cm³/mol. The second-order valence-electron chi connectivity index (χ2n) is 3.55. The van der Waals surface area contributed by atoms with Gasteiger partial charge in [0.15, 0.2) is 0 Å². The maximum atomic E-state index is 12.9. The summed E-state index contributed by atoms with van der Waals surface area (Å²) in [6.07, 6.45) is 0. The fraction of sp³-hybridized carbons (Fsp3) is 0. The maximum Gasteiger partial charge on any atom is 0.270 e. The SMILES string of the molecule is O=[N+]([O-])c1ccc(Oc2ccc(F)cc2Br)c(Br)c1. The molecule has 19 heavy (non-hydrogen) atoms. The van der Waals surface area contributed by atoms with Gasteiger partial charge in [0.2, 0.25) is 0 Å². The molecule has 0 aliphatic heterocycles. The van der Waals surface area contributed by atoms with E-state index in [-0.39, 0.29) is 11.5 Å². The van der Waals surface area contributed by atoms with E-state index in [1.165, 1.54) is 36.4 Å². The molecule has 2 rings (SSSR count). The van der Waals surface area contributed by atoms with Gasteiger partial charge in [0.05, 0.1) is 13.9 Å². The van der Waals surface area contributed by atoms with E-state index in [1.807, 2.05) is 0 Å². The van der Waals surface area contributed by atoms with Crippen LogP contribution in [0.15, 0.2) is 45.3 Å². The summed E-state index contributed by atoms with van der Waals surface area (Å²) < 4.78 is 19.4. The summed E-state index contributed by atoms with van der Waals surface area (Å²) >= 11 is 6.37. The van der Waals surface area contributed by atoms with Gasteiger partial charge in [-0.05, 0) is 56.1 Å². The van der Waals surface area contributed by atoms with Crippen LogP contribution in [0.4, 0.5) is 10.1 Å². The highest BCUT2D eigenvalue weighted by atomic mass is 79.9. The standard InChI is InChI=1S/C12H6Br2FNO3/c13-9-5-7(15)1-3-11(9)19-12-4-2-8(16(17)18)6-10(12)14/h1-6H. The molecule has 7 heteroatoms. The van der Waals surface area contributed by atoms with Crippen molar-refractivity contribution in [1.82, 2.24) is 0 Å². The van der Waals surface area contributed by atoms with Crippen molar-refractivity contribution in [2.75, 3.05) is 0 Å². The zero-order valence-corrected chi connectivity index (χ0v) is 12.4. The molecule has 0 saturated heterocycles. The van der Waals surface area contributed by atoms with Crippen molar-refractivity contribution >= 4 is 37.5 Å². The Hall–Kier alpha value is -1.47. The Balaban J connectivity index is 2.31. The zero-order valence-electron chi connectivity index (χ0n) is 9.27. The minimum absolute atomic E-state index is 0.0441. The molecule has 0 fully saturated rings. The van der Waals surface area contributed by atoms with Gasteiger partial charge in [-0.3, -0.25) is 10.1 Å². The van der Waals surface area contributed by atoms with Crippen molar-refractivity contribution < 1.29 is 14.1 Å². The third kappa shape index (κ3) is 3.30. The molecule has 98 valence electrons. The first-order valence-corrected chi connectivity index (χ1v) is 6.63. The van der Waals surface area contributed by atoms with Crippen LogP contribution in [-0.4, -0.2) is 4.92 Å². The van der Waals surface area contributed by atoms with Gasteiger partial charge < -0.3 is 4.74 Å². The van der Waals surface area contributed by atoms with E-state index in [4.69, 9.17) is 4.74 Å². The van der Waals surface area contributed by atoms with Crippen molar-refractivity contribution in [3.63, 3.8) is 0 Å². The topological polar surface area (TPSA) is 52.4 Å². The monoisotopic (exact) mass is 389 g/mol. The van der Waals surface area contributed by atoms with E-state index in [2.05, 4.69) is 31.9 Å². The normalized spacial score (nSPS) is 10.3. The van der Waals surface area contributed by atoms with Crippen LogP contribution >= 0.6 is 31.9 Å². The first-order valence-electron chi connectivity index (χ1n) is 5.04. The Kier molecular flexibility index (Phi) is 4.16. The highest BCUT2D eigenvalue weighted by Crippen LogP contribution is 2.35. The van der Waals surface area contributed by atoms with E-state index >= 15 is 0 Å². The number of rotatable bonds is 3. The Labute approximate surface area is 124 Å². The smallest absolute Gasteiger partial charge is 0.270 e. The summed E-state index contributed by atoms with van der Waals surface area (Å²) in [4.78, 5) is 10.1. The number of benzene rings is 2. The number of non-ortho nitro benzene ring substituents is 1. The molecular formula is C12H6Br2FNO3. The number of ether oxygens (including phenoxy) is 1. The quantitative estimate of drug-likeness (QED) is 0.544. The highest BCUT2D eigenvalue weighted by molar-refractivity contribution is 9.11. The molecule has 2 aromatic rings. The predicted octanol–water partition coefficient (Wildman–Crippen LogP) is 5.05. The summed E-state index contributed by atoms with van der Waals surface area (Å²) in [5.74, 6) is 0.427. The largest absolute Gasteiger partial charge is 0.455 e. The Morgan fingerprint density at radius 1 is 1.05 bits per heavy atom. The molecule has 0 aromatic heterocycles. The number of nitrogens with zero attached hydrogens (tertiary/aromatic N) is 1. The first-order chi connectivity index (χ1) is 8.97. The first kappa shape index (κ1) is 14.0. The van der Waals surface area contributed by atoms with Gasteiger partial charge in [0.1, 0.15) is 17.3 Å². The van der Waals surface area contributed by atoms with Gasteiger partial charge in [0, 0.05) is 12.1 Å². The second-order valence-corrected chi connectivity index (χ2v) is 5.26. The van der Waals surface area contributed by atoms with Gasteiger partial charge in [0.25, 0.3) is 5.69 Å². The van der Waals surface area contributed by atoms with Crippen LogP contribution in [0.5, 0.6) is 11.5 Å². The average molecular weight is 391 g/mol. The summed E-state index contributed by atoms with van der Waals surface area (Å²) in [6, 6.07) is 8.14. The number of hydrogen-bond acceptors (Lipinski definition) is 3. The van der Waals surface area contributed by atoms with Crippen LogP contribution < -0.4 is 4.74 Å². The lowest BCUT2D eigenvalue weighted by Gasteiger charge is -2.09. The summed E-state index contributed by atoms with van der Waals surface area (Å²) in [7, 11) is 0. The van der Waals surface area contributed by atoms with Crippen molar-refractivity contribution in [1.29, 1.82) is 0 Å². The average Bonchev–Trinajstić information content (AvgIpc) is 2.34.